The van der Waals surface area contributed by atoms with Crippen molar-refractivity contribution in [2.24, 2.45) is 4.99 Å². The SMILES string of the molecule is O=C1NNC2NC(CNCc3cccc(C(F)(F)F)c3)=Nc3cccc1c32. The van der Waals surface area contributed by atoms with Crippen LogP contribution in [0.5, 0.6) is 0 Å². The number of benzene rings is 2. The monoisotopic (exact) mass is 375 g/mol. The van der Waals surface area contributed by atoms with Crippen LogP contribution < -0.4 is 21.5 Å². The van der Waals surface area contributed by atoms with Crippen molar-refractivity contribution >= 4 is 17.4 Å². The van der Waals surface area contributed by atoms with E-state index in [0.29, 0.717) is 29.2 Å². The van der Waals surface area contributed by atoms with Crippen LogP contribution in [0.1, 0.15) is 33.2 Å². The normalized spacial score (nSPS) is 18.3. The molecule has 27 heavy (non-hydrogen) atoms. The van der Waals surface area contributed by atoms with Crippen molar-refractivity contribution < 1.29 is 18.0 Å². The van der Waals surface area contributed by atoms with Crippen LogP contribution in [0.25, 0.3) is 0 Å². The van der Waals surface area contributed by atoms with Gasteiger partial charge >= 0.3 is 6.18 Å². The lowest BCUT2D eigenvalue weighted by Gasteiger charge is -2.32. The van der Waals surface area contributed by atoms with Crippen LogP contribution in [0.2, 0.25) is 0 Å². The minimum atomic E-state index is -4.36. The minimum absolute atomic E-state index is 0.216. The number of rotatable bonds is 4. The number of hydrazine groups is 1. The molecule has 6 nitrogen and oxygen atoms in total. The number of hydrogen-bond acceptors (Lipinski definition) is 5. The second kappa shape index (κ2) is 6.67. The summed E-state index contributed by atoms with van der Waals surface area (Å²) in [6.07, 6.45) is -4.67. The van der Waals surface area contributed by atoms with Gasteiger partial charge in [0, 0.05) is 17.7 Å². The van der Waals surface area contributed by atoms with Crippen molar-refractivity contribution in [3.63, 3.8) is 0 Å². The molecule has 0 aromatic heterocycles. The number of amidine groups is 1. The van der Waals surface area contributed by atoms with Crippen LogP contribution in [-0.2, 0) is 12.7 Å². The molecule has 0 fully saturated rings. The van der Waals surface area contributed by atoms with Crippen LogP contribution >= 0.6 is 0 Å². The van der Waals surface area contributed by atoms with E-state index in [1.807, 2.05) is 6.07 Å². The molecule has 2 aliphatic rings. The van der Waals surface area contributed by atoms with Crippen LogP contribution in [0, 0.1) is 0 Å². The number of aliphatic imine (C=N–C) groups is 1. The van der Waals surface area contributed by atoms with Gasteiger partial charge in [0.25, 0.3) is 5.91 Å². The predicted molar refractivity (Wildman–Crippen MR) is 93.2 cm³/mol. The van der Waals surface area contributed by atoms with Crippen molar-refractivity contribution in [2.75, 3.05) is 6.54 Å². The average Bonchev–Trinajstić information content (AvgIpc) is 2.64. The summed E-state index contributed by atoms with van der Waals surface area (Å²) in [6.45, 7) is 0.610. The van der Waals surface area contributed by atoms with Gasteiger partial charge in [0.1, 0.15) is 12.0 Å². The van der Waals surface area contributed by atoms with E-state index in [1.54, 1.807) is 18.2 Å². The van der Waals surface area contributed by atoms with E-state index in [0.717, 1.165) is 17.7 Å². The Labute approximate surface area is 152 Å². The highest BCUT2D eigenvalue weighted by atomic mass is 19.4. The summed E-state index contributed by atoms with van der Waals surface area (Å²) in [5.74, 6) is 0.409. The molecule has 140 valence electrons. The highest BCUT2D eigenvalue weighted by Gasteiger charge is 2.31. The number of amides is 1. The molecule has 2 aliphatic heterocycles. The molecular weight excluding hydrogens is 359 g/mol. The van der Waals surface area contributed by atoms with Crippen LogP contribution in [0.3, 0.4) is 0 Å². The Hall–Kier alpha value is -2.91. The van der Waals surface area contributed by atoms with Gasteiger partial charge in [-0.1, -0.05) is 24.3 Å². The molecule has 4 rings (SSSR count). The Morgan fingerprint density at radius 1 is 1.11 bits per heavy atom. The van der Waals surface area contributed by atoms with Gasteiger partial charge in [-0.15, -0.1) is 0 Å². The Morgan fingerprint density at radius 3 is 2.74 bits per heavy atom. The third-order valence-corrected chi connectivity index (χ3v) is 4.39. The lowest BCUT2D eigenvalue weighted by molar-refractivity contribution is -0.137. The molecule has 2 aromatic rings. The van der Waals surface area contributed by atoms with Gasteiger partial charge in [0.2, 0.25) is 0 Å². The Bertz CT molecular complexity index is 925. The minimum Gasteiger partial charge on any atom is -0.352 e. The first-order chi connectivity index (χ1) is 12.9. The molecular formula is C18H16F3N5O. The fraction of sp³-hybridized carbons (Fsp3) is 0.222. The van der Waals surface area contributed by atoms with Gasteiger partial charge in [0.05, 0.1) is 17.8 Å². The van der Waals surface area contributed by atoms with E-state index < -0.39 is 11.7 Å². The lowest BCUT2D eigenvalue weighted by Crippen LogP contribution is -2.54. The smallest absolute Gasteiger partial charge is 0.352 e. The van der Waals surface area contributed by atoms with Crippen molar-refractivity contribution in [3.05, 3.63) is 64.7 Å². The van der Waals surface area contributed by atoms with E-state index in [4.69, 9.17) is 0 Å². The molecule has 1 atom stereocenters. The fourth-order valence-corrected chi connectivity index (χ4v) is 3.16. The number of nitrogens with one attached hydrogen (secondary N) is 4. The van der Waals surface area contributed by atoms with E-state index in [1.165, 1.54) is 6.07 Å². The van der Waals surface area contributed by atoms with Gasteiger partial charge < -0.3 is 10.6 Å². The van der Waals surface area contributed by atoms with Crippen molar-refractivity contribution in [1.29, 1.82) is 0 Å². The summed E-state index contributed by atoms with van der Waals surface area (Å²) >= 11 is 0. The van der Waals surface area contributed by atoms with E-state index >= 15 is 0 Å². The van der Waals surface area contributed by atoms with Gasteiger partial charge in [-0.3, -0.25) is 10.2 Å². The van der Waals surface area contributed by atoms with E-state index in [-0.39, 0.29) is 18.6 Å². The molecule has 1 amide bonds. The molecule has 0 spiro atoms. The average molecular weight is 375 g/mol. The van der Waals surface area contributed by atoms with Crippen molar-refractivity contribution in [1.82, 2.24) is 21.5 Å². The lowest BCUT2D eigenvalue weighted by atomic mass is 9.99. The third kappa shape index (κ3) is 3.51. The second-order valence-corrected chi connectivity index (χ2v) is 6.27. The molecule has 0 saturated carbocycles. The quantitative estimate of drug-likeness (QED) is 0.662. The summed E-state index contributed by atoms with van der Waals surface area (Å²) in [5, 5.41) is 6.27. The van der Waals surface area contributed by atoms with Crippen LogP contribution in [0.15, 0.2) is 47.5 Å². The first-order valence-corrected chi connectivity index (χ1v) is 8.31. The number of hydrogen-bond donors (Lipinski definition) is 4. The van der Waals surface area contributed by atoms with E-state index in [9.17, 15) is 18.0 Å². The summed E-state index contributed by atoms with van der Waals surface area (Å²) in [5.41, 5.74) is 7.37. The zero-order valence-electron chi connectivity index (χ0n) is 14.0. The van der Waals surface area contributed by atoms with Crippen molar-refractivity contribution in [3.8, 4) is 0 Å². The summed E-state index contributed by atoms with van der Waals surface area (Å²) < 4.78 is 38.3. The van der Waals surface area contributed by atoms with Gasteiger partial charge in [-0.05, 0) is 23.8 Å². The molecule has 2 heterocycles. The molecule has 0 radical (unpaired) electrons. The molecule has 0 bridgehead atoms. The Kier molecular flexibility index (Phi) is 4.33. The van der Waals surface area contributed by atoms with Gasteiger partial charge in [-0.25, -0.2) is 10.4 Å². The van der Waals surface area contributed by atoms with Crippen LogP contribution in [0.4, 0.5) is 18.9 Å². The standard InChI is InChI=1S/C18H16F3N5O/c19-18(20,21)11-4-1-3-10(7-11)8-22-9-14-23-13-6-2-5-12-15(13)16(24-14)25-26-17(12)27/h1-7,16,22,25H,8-9H2,(H,23,24)(H,26,27). The maximum Gasteiger partial charge on any atom is 0.416 e. The zero-order valence-corrected chi connectivity index (χ0v) is 14.0. The summed E-state index contributed by atoms with van der Waals surface area (Å²) in [4.78, 5) is 16.4. The maximum absolute atomic E-state index is 12.8. The number of carbonyl (C=O) groups is 1. The second-order valence-electron chi connectivity index (χ2n) is 6.27. The number of halogens is 3. The molecule has 4 N–H and O–H groups in total. The molecule has 0 aliphatic carbocycles. The largest absolute Gasteiger partial charge is 0.416 e. The number of alkyl halides is 3. The maximum atomic E-state index is 12.8. The summed E-state index contributed by atoms with van der Waals surface area (Å²) in [7, 11) is 0. The Balaban J connectivity index is 1.45. The molecule has 0 saturated heterocycles. The molecule has 9 heteroatoms. The number of carbonyl (C=O) groups excluding carboxylic acids is 1. The number of nitrogens with zero attached hydrogens (tertiary/aromatic N) is 1. The fourth-order valence-electron chi connectivity index (χ4n) is 3.16. The van der Waals surface area contributed by atoms with Gasteiger partial charge in [0.15, 0.2) is 0 Å². The topological polar surface area (TPSA) is 77.5 Å². The third-order valence-electron chi connectivity index (χ3n) is 4.39. The zero-order chi connectivity index (χ0) is 19.0. The van der Waals surface area contributed by atoms with Crippen LogP contribution in [-0.4, -0.2) is 18.3 Å². The predicted octanol–water partition coefficient (Wildman–Crippen LogP) is 2.38. The van der Waals surface area contributed by atoms with Gasteiger partial charge in [-0.2, -0.15) is 13.2 Å². The molecule has 1 unspecified atom stereocenters. The van der Waals surface area contributed by atoms with E-state index in [2.05, 4.69) is 26.5 Å². The highest BCUT2D eigenvalue weighted by molar-refractivity contribution is 6.00. The highest BCUT2D eigenvalue weighted by Crippen LogP contribution is 2.32. The Morgan fingerprint density at radius 2 is 1.93 bits per heavy atom. The first-order valence-electron chi connectivity index (χ1n) is 8.31. The van der Waals surface area contributed by atoms with Crippen molar-refractivity contribution in [2.45, 2.75) is 18.9 Å². The first kappa shape index (κ1) is 17.5. The summed E-state index contributed by atoms with van der Waals surface area (Å²) in [6, 6.07) is 10.5. The molecule has 2 aromatic carbocycles.